The van der Waals surface area contributed by atoms with E-state index in [2.05, 4.69) is 15.8 Å². The molecule has 0 aliphatic heterocycles. The van der Waals surface area contributed by atoms with Gasteiger partial charge in [-0.15, -0.1) is 0 Å². The van der Waals surface area contributed by atoms with E-state index in [-0.39, 0.29) is 0 Å². The molecule has 1 rings (SSSR count). The fourth-order valence-corrected chi connectivity index (χ4v) is 2.37. The Hall–Kier alpha value is 0.137. The molecule has 0 spiro atoms. The normalized spacial score (nSPS) is 19.7. The van der Waals surface area contributed by atoms with Gasteiger partial charge in [-0.25, -0.2) is 0 Å². The maximum absolute atomic E-state index is 4.61. The highest BCUT2D eigenvalue weighted by Crippen LogP contribution is 2.20. The summed E-state index contributed by atoms with van der Waals surface area (Å²) >= 11 is 0. The summed E-state index contributed by atoms with van der Waals surface area (Å²) < 4.78 is 9.22. The molecule has 0 aromatic carbocycles. The molecule has 2 nitrogen and oxygen atoms in total. The topological polar surface area (TPSA) is 18.5 Å². The quantitative estimate of drug-likeness (QED) is 0.695. The van der Waals surface area contributed by atoms with Crippen molar-refractivity contribution in [2.45, 2.75) is 64.7 Å². The molecule has 98 valence electrons. The summed E-state index contributed by atoms with van der Waals surface area (Å²) in [5.74, 6) is 1.01. The number of hydrogen-bond donors (Lipinski definition) is 0. The monoisotopic (exact) mass is 246 g/mol. The van der Waals surface area contributed by atoms with Crippen LogP contribution in [-0.4, -0.2) is 24.2 Å². The van der Waals surface area contributed by atoms with Crippen molar-refractivity contribution < 1.29 is 8.85 Å². The summed E-state index contributed by atoms with van der Waals surface area (Å²) in [4.78, 5) is 0. The molecule has 0 unspecified atom stereocenters. The van der Waals surface area contributed by atoms with Crippen LogP contribution in [-0.2, 0) is 8.85 Å². The van der Waals surface area contributed by atoms with Crippen LogP contribution in [0, 0.1) is 5.92 Å². The molecule has 0 radical (unpaired) electrons. The lowest BCUT2D eigenvalue weighted by Crippen LogP contribution is -1.96. The van der Waals surface area contributed by atoms with E-state index >= 15 is 0 Å². The smallest absolute Gasteiger partial charge is 0.303 e. The Bertz CT molecular complexity index is 119. The maximum atomic E-state index is 4.61. The van der Waals surface area contributed by atoms with Gasteiger partial charge in [0.25, 0.3) is 0 Å². The van der Waals surface area contributed by atoms with Gasteiger partial charge in [-0.05, 0) is 5.92 Å². The molecule has 3 heteroatoms. The van der Waals surface area contributed by atoms with Crippen LogP contribution >= 0.6 is 0 Å². The molecule has 1 fully saturated rings. The molecule has 16 heavy (non-hydrogen) atoms. The zero-order chi connectivity index (χ0) is 12.1. The molecule has 0 aromatic heterocycles. The van der Waals surface area contributed by atoms with E-state index in [1.165, 1.54) is 57.8 Å². The van der Waals surface area contributed by atoms with Gasteiger partial charge < -0.3 is 8.85 Å². The summed E-state index contributed by atoms with van der Waals surface area (Å²) in [6.07, 6.45) is 13.4. The Morgan fingerprint density at radius 2 is 1.12 bits per heavy atom. The van der Waals surface area contributed by atoms with Crippen LogP contribution in [0.2, 0.25) is 0 Å². The van der Waals surface area contributed by atoms with Crippen molar-refractivity contribution in [2.24, 2.45) is 5.92 Å². The SMILES string of the molecule is CC1CCCCCCCCC1.CO[SiH2]OC. The fourth-order valence-electron chi connectivity index (χ4n) is 2.13. The van der Waals surface area contributed by atoms with E-state index in [9.17, 15) is 0 Å². The molecule has 0 atom stereocenters. The Labute approximate surface area is 104 Å². The van der Waals surface area contributed by atoms with Crippen molar-refractivity contribution in [1.82, 2.24) is 0 Å². The van der Waals surface area contributed by atoms with E-state index in [1.807, 2.05) is 0 Å². The molecule has 0 aromatic rings. The first-order chi connectivity index (χ1) is 7.81. The van der Waals surface area contributed by atoms with E-state index < -0.39 is 10.0 Å². The molecular weight excluding hydrogens is 216 g/mol. The standard InChI is InChI=1S/C11H22.C2H8O2Si/c1-11-9-7-5-3-2-4-6-8-10-11;1-3-5-4-2/h11H,2-10H2,1H3;5H2,1-2H3. The fraction of sp³-hybridized carbons (Fsp3) is 1.00. The second-order valence-electron chi connectivity index (χ2n) is 4.85. The van der Waals surface area contributed by atoms with Gasteiger partial charge in [0.15, 0.2) is 0 Å². The summed E-state index contributed by atoms with van der Waals surface area (Å²) in [6.45, 7) is 2.42. The predicted octanol–water partition coefficient (Wildman–Crippen LogP) is 3.43. The third-order valence-corrected chi connectivity index (χ3v) is 3.60. The maximum Gasteiger partial charge on any atom is 0.303 e. The Morgan fingerprint density at radius 3 is 1.44 bits per heavy atom. The zero-order valence-electron chi connectivity index (χ0n) is 11.5. The minimum absolute atomic E-state index is 0.568. The second-order valence-corrected chi connectivity index (χ2v) is 6.24. The molecule has 0 heterocycles. The summed E-state index contributed by atoms with van der Waals surface area (Å²) in [7, 11) is 2.73. The number of hydrogen-bond acceptors (Lipinski definition) is 2. The van der Waals surface area contributed by atoms with Gasteiger partial charge in [0.1, 0.15) is 0 Å². The molecule has 0 amide bonds. The summed E-state index contributed by atoms with van der Waals surface area (Å²) in [5, 5.41) is 0. The van der Waals surface area contributed by atoms with Gasteiger partial charge in [0, 0.05) is 14.2 Å². The van der Waals surface area contributed by atoms with Gasteiger partial charge in [0.2, 0.25) is 0 Å². The average Bonchev–Trinajstić information content (AvgIpc) is 2.29. The first-order valence-electron chi connectivity index (χ1n) is 6.79. The lowest BCUT2D eigenvalue weighted by molar-refractivity contribution is 0.309. The first kappa shape index (κ1) is 16.1. The minimum atomic E-state index is -0.568. The van der Waals surface area contributed by atoms with Crippen molar-refractivity contribution >= 4 is 10.0 Å². The van der Waals surface area contributed by atoms with Crippen molar-refractivity contribution in [3.8, 4) is 0 Å². The third kappa shape index (κ3) is 12.2. The molecule has 0 bridgehead atoms. The van der Waals surface area contributed by atoms with Crippen LogP contribution in [0.15, 0.2) is 0 Å². The van der Waals surface area contributed by atoms with Gasteiger partial charge in [-0.3, -0.25) is 0 Å². The van der Waals surface area contributed by atoms with Gasteiger partial charge >= 0.3 is 10.0 Å². The average molecular weight is 246 g/mol. The molecule has 0 saturated heterocycles. The minimum Gasteiger partial charge on any atom is -0.402 e. The van der Waals surface area contributed by atoms with Crippen LogP contribution in [0.25, 0.3) is 0 Å². The Balaban J connectivity index is 0.000000385. The Morgan fingerprint density at radius 1 is 0.750 bits per heavy atom. The largest absolute Gasteiger partial charge is 0.402 e. The van der Waals surface area contributed by atoms with Crippen molar-refractivity contribution in [3.63, 3.8) is 0 Å². The van der Waals surface area contributed by atoms with Crippen LogP contribution in [0.1, 0.15) is 64.7 Å². The zero-order valence-corrected chi connectivity index (χ0v) is 12.9. The lowest BCUT2D eigenvalue weighted by atomic mass is 9.94. The summed E-state index contributed by atoms with van der Waals surface area (Å²) in [6, 6.07) is 0. The highest BCUT2D eigenvalue weighted by Gasteiger charge is 2.03. The molecule has 1 aliphatic carbocycles. The third-order valence-electron chi connectivity index (χ3n) is 3.13. The van der Waals surface area contributed by atoms with Crippen molar-refractivity contribution in [1.29, 1.82) is 0 Å². The van der Waals surface area contributed by atoms with Gasteiger partial charge in [0.05, 0.1) is 0 Å². The first-order valence-corrected chi connectivity index (χ1v) is 7.94. The van der Waals surface area contributed by atoms with Gasteiger partial charge in [-0.2, -0.15) is 0 Å². The predicted molar refractivity (Wildman–Crippen MR) is 73.3 cm³/mol. The molecule has 0 N–H and O–H groups in total. The van der Waals surface area contributed by atoms with E-state index in [4.69, 9.17) is 0 Å². The second kappa shape index (κ2) is 13.2. The lowest BCUT2D eigenvalue weighted by Gasteiger charge is -2.12. The van der Waals surface area contributed by atoms with Crippen molar-refractivity contribution in [2.75, 3.05) is 14.2 Å². The van der Waals surface area contributed by atoms with Crippen LogP contribution in [0.4, 0.5) is 0 Å². The molecule has 1 aliphatic rings. The highest BCUT2D eigenvalue weighted by atomic mass is 28.3. The number of rotatable bonds is 2. The van der Waals surface area contributed by atoms with Crippen molar-refractivity contribution in [3.05, 3.63) is 0 Å². The Kier molecular flexibility index (Phi) is 13.3. The van der Waals surface area contributed by atoms with Gasteiger partial charge in [-0.1, -0.05) is 64.7 Å². The van der Waals surface area contributed by atoms with E-state index in [0.717, 1.165) is 5.92 Å². The van der Waals surface area contributed by atoms with E-state index in [1.54, 1.807) is 14.2 Å². The van der Waals surface area contributed by atoms with Crippen LogP contribution in [0.3, 0.4) is 0 Å². The van der Waals surface area contributed by atoms with Crippen LogP contribution in [0.5, 0.6) is 0 Å². The molecule has 1 saturated carbocycles. The summed E-state index contributed by atoms with van der Waals surface area (Å²) in [5.41, 5.74) is 0. The highest BCUT2D eigenvalue weighted by molar-refractivity contribution is 6.17. The van der Waals surface area contributed by atoms with Crippen LogP contribution < -0.4 is 0 Å². The molecular formula is C13H30O2Si. The van der Waals surface area contributed by atoms with E-state index in [0.29, 0.717) is 0 Å².